The van der Waals surface area contributed by atoms with Crippen molar-refractivity contribution >= 4 is 0 Å². The molecule has 0 aliphatic carbocycles. The van der Waals surface area contributed by atoms with E-state index in [0.717, 1.165) is 22.8 Å². The summed E-state index contributed by atoms with van der Waals surface area (Å²) in [5, 5.41) is 0. The van der Waals surface area contributed by atoms with Crippen LogP contribution in [0.4, 0.5) is 0 Å². The number of ether oxygens (including phenoxy) is 2. The molecule has 0 radical (unpaired) electrons. The maximum atomic E-state index is 5.47. The van der Waals surface area contributed by atoms with Crippen molar-refractivity contribution in [2.24, 2.45) is 7.05 Å². The van der Waals surface area contributed by atoms with Gasteiger partial charge in [0, 0.05) is 30.7 Å². The summed E-state index contributed by atoms with van der Waals surface area (Å²) in [7, 11) is 1.94. The van der Waals surface area contributed by atoms with Gasteiger partial charge in [0.25, 0.3) is 0 Å². The maximum absolute atomic E-state index is 5.47. The maximum Gasteiger partial charge on any atom is 0.217 e. The molecule has 18 heavy (non-hydrogen) atoms. The smallest absolute Gasteiger partial charge is 0.217 e. The fraction of sp³-hybridized carbons (Fsp3) is 0.385. The number of hydrogen-bond donors (Lipinski definition) is 0. The van der Waals surface area contributed by atoms with Gasteiger partial charge in [-0.2, -0.15) is 0 Å². The summed E-state index contributed by atoms with van der Waals surface area (Å²) in [4.78, 5) is 8.84. The van der Waals surface area contributed by atoms with Crippen LogP contribution >= 0.6 is 0 Å². The molecule has 0 N–H and O–H groups in total. The van der Waals surface area contributed by atoms with Crippen molar-refractivity contribution in [3.8, 4) is 11.3 Å². The van der Waals surface area contributed by atoms with Crippen molar-refractivity contribution in [1.29, 1.82) is 0 Å². The van der Waals surface area contributed by atoms with Gasteiger partial charge in [0.05, 0.1) is 18.9 Å². The van der Waals surface area contributed by atoms with E-state index in [0.29, 0.717) is 13.2 Å². The molecule has 0 saturated carbocycles. The number of aryl methyl sites for hydroxylation is 2. The molecule has 3 rings (SSSR count). The Bertz CT molecular complexity index is 542. The van der Waals surface area contributed by atoms with E-state index in [1.807, 2.05) is 43.1 Å². The molecule has 0 spiro atoms. The SMILES string of the molecule is Cc1ccc(-c2cn(C)c(C3OCCO3)n2)cn1. The van der Waals surface area contributed by atoms with Crippen LogP contribution in [0.2, 0.25) is 0 Å². The van der Waals surface area contributed by atoms with Crippen LogP contribution in [0.3, 0.4) is 0 Å². The van der Waals surface area contributed by atoms with Gasteiger partial charge >= 0.3 is 0 Å². The Morgan fingerprint density at radius 3 is 2.72 bits per heavy atom. The minimum Gasteiger partial charge on any atom is -0.343 e. The Labute approximate surface area is 105 Å². The normalized spacial score (nSPS) is 16.3. The molecule has 5 heteroatoms. The van der Waals surface area contributed by atoms with Crippen LogP contribution in [-0.4, -0.2) is 27.7 Å². The predicted molar refractivity (Wildman–Crippen MR) is 65.8 cm³/mol. The summed E-state index contributed by atoms with van der Waals surface area (Å²) in [5.74, 6) is 0.795. The van der Waals surface area contributed by atoms with E-state index in [2.05, 4.69) is 9.97 Å². The van der Waals surface area contributed by atoms with Gasteiger partial charge in [-0.3, -0.25) is 4.98 Å². The minimum atomic E-state index is -0.345. The fourth-order valence-corrected chi connectivity index (χ4v) is 1.97. The highest BCUT2D eigenvalue weighted by atomic mass is 16.7. The van der Waals surface area contributed by atoms with Crippen LogP contribution < -0.4 is 0 Å². The molecule has 0 atom stereocenters. The number of imidazole rings is 1. The number of pyridine rings is 1. The Kier molecular flexibility index (Phi) is 2.85. The highest BCUT2D eigenvalue weighted by molar-refractivity contribution is 5.57. The molecule has 3 heterocycles. The molecule has 94 valence electrons. The van der Waals surface area contributed by atoms with Crippen LogP contribution in [0.5, 0.6) is 0 Å². The van der Waals surface area contributed by atoms with Gasteiger partial charge in [-0.15, -0.1) is 0 Å². The lowest BCUT2D eigenvalue weighted by atomic mass is 10.2. The van der Waals surface area contributed by atoms with Gasteiger partial charge in [0.1, 0.15) is 0 Å². The standard InChI is InChI=1S/C13H15N3O2/c1-9-3-4-10(7-14-9)11-8-16(2)12(15-11)13-17-5-6-18-13/h3-4,7-8,13H,5-6H2,1-2H3. The number of rotatable bonds is 2. The molecule has 0 amide bonds. The summed E-state index contributed by atoms with van der Waals surface area (Å²) in [6.07, 6.45) is 3.45. The van der Waals surface area contributed by atoms with Crippen molar-refractivity contribution in [2.75, 3.05) is 13.2 Å². The Morgan fingerprint density at radius 1 is 1.28 bits per heavy atom. The summed E-state index contributed by atoms with van der Waals surface area (Å²) >= 11 is 0. The number of nitrogens with zero attached hydrogens (tertiary/aromatic N) is 3. The zero-order valence-corrected chi connectivity index (χ0v) is 10.5. The van der Waals surface area contributed by atoms with Gasteiger partial charge in [-0.25, -0.2) is 4.98 Å². The molecule has 1 aliphatic rings. The predicted octanol–water partition coefficient (Wildman–Crippen LogP) is 1.84. The van der Waals surface area contributed by atoms with Crippen molar-refractivity contribution in [1.82, 2.24) is 14.5 Å². The molecule has 2 aromatic rings. The van der Waals surface area contributed by atoms with E-state index in [4.69, 9.17) is 9.47 Å². The van der Waals surface area contributed by atoms with E-state index >= 15 is 0 Å². The second kappa shape index (κ2) is 4.51. The average Bonchev–Trinajstić information content (AvgIpc) is 2.99. The third kappa shape index (κ3) is 2.02. The first kappa shape index (κ1) is 11.4. The van der Waals surface area contributed by atoms with Gasteiger partial charge in [-0.1, -0.05) is 0 Å². The van der Waals surface area contributed by atoms with Gasteiger partial charge in [-0.05, 0) is 19.1 Å². The first-order chi connectivity index (χ1) is 8.74. The number of hydrogen-bond acceptors (Lipinski definition) is 4. The quantitative estimate of drug-likeness (QED) is 0.810. The van der Waals surface area contributed by atoms with Crippen LogP contribution in [0, 0.1) is 6.92 Å². The molecule has 0 unspecified atom stereocenters. The second-order valence-electron chi connectivity index (χ2n) is 4.36. The minimum absolute atomic E-state index is 0.345. The fourth-order valence-electron chi connectivity index (χ4n) is 1.97. The van der Waals surface area contributed by atoms with Crippen LogP contribution in [0.1, 0.15) is 17.8 Å². The molecular formula is C13H15N3O2. The highest BCUT2D eigenvalue weighted by Gasteiger charge is 2.23. The summed E-state index contributed by atoms with van der Waals surface area (Å²) < 4.78 is 12.9. The van der Waals surface area contributed by atoms with E-state index in [9.17, 15) is 0 Å². The second-order valence-corrected chi connectivity index (χ2v) is 4.36. The first-order valence-corrected chi connectivity index (χ1v) is 5.93. The average molecular weight is 245 g/mol. The zero-order chi connectivity index (χ0) is 12.5. The monoisotopic (exact) mass is 245 g/mol. The van der Waals surface area contributed by atoms with Crippen molar-refractivity contribution < 1.29 is 9.47 Å². The van der Waals surface area contributed by atoms with Crippen LogP contribution in [0.15, 0.2) is 24.5 Å². The third-order valence-corrected chi connectivity index (χ3v) is 2.95. The zero-order valence-electron chi connectivity index (χ0n) is 10.5. The van der Waals surface area contributed by atoms with E-state index in [1.54, 1.807) is 0 Å². The molecule has 2 aromatic heterocycles. The van der Waals surface area contributed by atoms with Crippen molar-refractivity contribution in [2.45, 2.75) is 13.2 Å². The van der Waals surface area contributed by atoms with Gasteiger partial charge < -0.3 is 14.0 Å². The largest absolute Gasteiger partial charge is 0.343 e. The van der Waals surface area contributed by atoms with Crippen molar-refractivity contribution in [3.05, 3.63) is 36.0 Å². The summed E-state index contributed by atoms with van der Waals surface area (Å²) in [5.41, 5.74) is 2.89. The number of aromatic nitrogens is 3. The summed E-state index contributed by atoms with van der Waals surface area (Å²) in [6, 6.07) is 4.00. The lowest BCUT2D eigenvalue weighted by Gasteiger charge is -2.07. The molecule has 1 aliphatic heterocycles. The van der Waals surface area contributed by atoms with Crippen LogP contribution in [-0.2, 0) is 16.5 Å². The van der Waals surface area contributed by atoms with Crippen molar-refractivity contribution in [3.63, 3.8) is 0 Å². The molecule has 1 saturated heterocycles. The molecule has 0 bridgehead atoms. The molecule has 1 fully saturated rings. The molecule has 0 aromatic carbocycles. The van der Waals surface area contributed by atoms with Gasteiger partial charge in [0.15, 0.2) is 5.82 Å². The van der Waals surface area contributed by atoms with Gasteiger partial charge in [0.2, 0.25) is 6.29 Å². The lowest BCUT2D eigenvalue weighted by Crippen LogP contribution is -2.05. The molecular weight excluding hydrogens is 230 g/mol. The summed E-state index contributed by atoms with van der Waals surface area (Å²) in [6.45, 7) is 3.21. The van der Waals surface area contributed by atoms with E-state index < -0.39 is 0 Å². The Hall–Kier alpha value is -1.72. The third-order valence-electron chi connectivity index (χ3n) is 2.95. The van der Waals surface area contributed by atoms with Crippen LogP contribution in [0.25, 0.3) is 11.3 Å². The highest BCUT2D eigenvalue weighted by Crippen LogP contribution is 2.25. The topological polar surface area (TPSA) is 49.2 Å². The first-order valence-electron chi connectivity index (χ1n) is 5.93. The Balaban J connectivity index is 1.94. The Morgan fingerprint density at radius 2 is 2.06 bits per heavy atom. The van der Waals surface area contributed by atoms with E-state index in [-0.39, 0.29) is 6.29 Å². The lowest BCUT2D eigenvalue weighted by molar-refractivity contribution is -0.0523. The van der Waals surface area contributed by atoms with E-state index in [1.165, 1.54) is 0 Å². The molecule has 5 nitrogen and oxygen atoms in total.